The lowest BCUT2D eigenvalue weighted by Crippen LogP contribution is -2.16. The Hall–Kier alpha value is -4.13. The topological polar surface area (TPSA) is 65.4 Å². The number of ether oxygens (including phenoxy) is 2. The van der Waals surface area contributed by atoms with Crippen LogP contribution in [0.25, 0.3) is 11.3 Å². The summed E-state index contributed by atoms with van der Waals surface area (Å²) >= 11 is 0. The van der Waals surface area contributed by atoms with E-state index >= 15 is 0 Å². The first-order chi connectivity index (χ1) is 15.2. The average molecular weight is 415 g/mol. The van der Waals surface area contributed by atoms with Crippen molar-refractivity contribution in [2.24, 2.45) is 0 Å². The Morgan fingerprint density at radius 3 is 2.61 bits per heavy atom. The van der Waals surface area contributed by atoms with Crippen molar-refractivity contribution in [2.45, 2.75) is 6.54 Å². The number of amides is 1. The summed E-state index contributed by atoms with van der Waals surface area (Å²) in [6.07, 6.45) is 1.66. The highest BCUT2D eigenvalue weighted by Crippen LogP contribution is 2.36. The van der Waals surface area contributed by atoms with Gasteiger partial charge in [-0.15, -0.1) is 0 Å². The molecule has 3 aromatic carbocycles. The third-order valence-electron chi connectivity index (χ3n) is 5.02. The van der Waals surface area contributed by atoms with Crippen molar-refractivity contribution in [1.82, 2.24) is 9.55 Å². The first-order valence-corrected chi connectivity index (χ1v) is 9.74. The number of hydrogen-bond acceptors (Lipinski definition) is 4. The third-order valence-corrected chi connectivity index (χ3v) is 5.02. The van der Waals surface area contributed by atoms with E-state index in [4.69, 9.17) is 9.47 Å². The Labute approximate surface area is 177 Å². The van der Waals surface area contributed by atoms with E-state index in [1.807, 2.05) is 34.9 Å². The van der Waals surface area contributed by atoms with Crippen molar-refractivity contribution in [2.75, 3.05) is 12.1 Å². The molecular weight excluding hydrogens is 397 g/mol. The number of anilines is 1. The van der Waals surface area contributed by atoms with Gasteiger partial charge in [-0.1, -0.05) is 36.4 Å². The Balaban J connectivity index is 1.53. The second kappa shape index (κ2) is 7.95. The summed E-state index contributed by atoms with van der Waals surface area (Å²) in [5.41, 5.74) is 2.67. The highest BCUT2D eigenvalue weighted by atomic mass is 19.1. The van der Waals surface area contributed by atoms with Crippen LogP contribution in [-0.4, -0.2) is 22.3 Å². The second-order valence-corrected chi connectivity index (χ2v) is 7.06. The zero-order valence-electron chi connectivity index (χ0n) is 16.4. The maximum Gasteiger partial charge on any atom is 0.260 e. The number of carbonyl (C=O) groups is 1. The average Bonchev–Trinajstić information content (AvgIpc) is 3.42. The number of hydrogen-bond donors (Lipinski definition) is 1. The molecule has 2 heterocycles. The Morgan fingerprint density at radius 1 is 1.00 bits per heavy atom. The molecule has 0 spiro atoms. The Kier molecular flexibility index (Phi) is 4.84. The predicted molar refractivity (Wildman–Crippen MR) is 114 cm³/mol. The molecule has 6 nitrogen and oxygen atoms in total. The van der Waals surface area contributed by atoms with E-state index in [-0.39, 0.29) is 18.5 Å². The number of para-hydroxylation sites is 1. The van der Waals surface area contributed by atoms with Crippen LogP contribution in [-0.2, 0) is 6.54 Å². The molecule has 0 unspecified atom stereocenters. The molecule has 0 saturated heterocycles. The molecular formula is C24H18FN3O3. The van der Waals surface area contributed by atoms with Crippen LogP contribution in [0.3, 0.4) is 0 Å². The molecule has 1 aliphatic heterocycles. The van der Waals surface area contributed by atoms with Crippen LogP contribution in [0.4, 0.5) is 10.2 Å². The summed E-state index contributed by atoms with van der Waals surface area (Å²) in [4.78, 5) is 17.7. The van der Waals surface area contributed by atoms with Gasteiger partial charge < -0.3 is 19.4 Å². The SMILES string of the molecule is O=C(Nc1c(-c2ccc(F)cc2)ncn1Cc1ccccc1)c1cccc2c1OCO2. The standard InChI is InChI=1S/C24H18FN3O3/c25-18-11-9-17(10-12-18)21-23(28(14-26-21)13-16-5-2-1-3-6-16)27-24(29)19-7-4-8-20-22(19)31-15-30-20/h1-12,14H,13,15H2,(H,27,29). The number of rotatable bonds is 5. The lowest BCUT2D eigenvalue weighted by atomic mass is 10.1. The smallest absolute Gasteiger partial charge is 0.260 e. The van der Waals surface area contributed by atoms with Gasteiger partial charge >= 0.3 is 0 Å². The van der Waals surface area contributed by atoms with Gasteiger partial charge in [-0.3, -0.25) is 4.79 Å². The van der Waals surface area contributed by atoms with E-state index in [0.717, 1.165) is 5.56 Å². The number of nitrogens with one attached hydrogen (secondary N) is 1. The summed E-state index contributed by atoms with van der Waals surface area (Å²) in [6, 6.07) is 21.0. The van der Waals surface area contributed by atoms with Gasteiger partial charge in [0.15, 0.2) is 11.5 Å². The van der Waals surface area contributed by atoms with E-state index in [1.54, 1.807) is 36.7 Å². The van der Waals surface area contributed by atoms with E-state index in [9.17, 15) is 9.18 Å². The van der Waals surface area contributed by atoms with Crippen LogP contribution in [0, 0.1) is 5.82 Å². The minimum Gasteiger partial charge on any atom is -0.454 e. The van der Waals surface area contributed by atoms with Gasteiger partial charge in [-0.05, 0) is 42.0 Å². The number of benzene rings is 3. The van der Waals surface area contributed by atoms with Crippen LogP contribution < -0.4 is 14.8 Å². The Bertz CT molecular complexity index is 1240. The molecule has 0 saturated carbocycles. The van der Waals surface area contributed by atoms with Crippen LogP contribution in [0.2, 0.25) is 0 Å². The lowest BCUT2D eigenvalue weighted by Gasteiger charge is -2.13. The number of carbonyl (C=O) groups excluding carboxylic acids is 1. The molecule has 7 heteroatoms. The fourth-order valence-electron chi connectivity index (χ4n) is 3.52. The monoisotopic (exact) mass is 415 g/mol. The molecule has 1 aromatic heterocycles. The molecule has 0 bridgehead atoms. The normalized spacial score (nSPS) is 12.0. The molecule has 0 aliphatic carbocycles. The summed E-state index contributed by atoms with van der Waals surface area (Å²) in [6.45, 7) is 0.587. The molecule has 4 aromatic rings. The molecule has 5 rings (SSSR count). The number of nitrogens with zero attached hydrogens (tertiary/aromatic N) is 2. The molecule has 0 atom stereocenters. The summed E-state index contributed by atoms with van der Waals surface area (Å²) in [7, 11) is 0. The van der Waals surface area contributed by atoms with Gasteiger partial charge in [0.1, 0.15) is 17.3 Å². The fourth-order valence-corrected chi connectivity index (χ4v) is 3.52. The molecule has 154 valence electrons. The number of fused-ring (bicyclic) bond motifs is 1. The third kappa shape index (κ3) is 3.73. The van der Waals surface area contributed by atoms with Crippen molar-refractivity contribution < 1.29 is 18.7 Å². The number of imidazole rings is 1. The van der Waals surface area contributed by atoms with E-state index < -0.39 is 0 Å². The predicted octanol–water partition coefficient (Wildman–Crippen LogP) is 4.72. The molecule has 1 amide bonds. The second-order valence-electron chi connectivity index (χ2n) is 7.06. The first kappa shape index (κ1) is 18.9. The zero-order valence-corrected chi connectivity index (χ0v) is 16.4. The fraction of sp³-hybridized carbons (Fsp3) is 0.0833. The van der Waals surface area contributed by atoms with Gasteiger partial charge in [0.2, 0.25) is 6.79 Å². The van der Waals surface area contributed by atoms with Crippen molar-refractivity contribution in [3.8, 4) is 22.8 Å². The van der Waals surface area contributed by atoms with Crippen molar-refractivity contribution in [3.05, 3.63) is 96.1 Å². The van der Waals surface area contributed by atoms with Crippen LogP contribution in [0.1, 0.15) is 15.9 Å². The van der Waals surface area contributed by atoms with Gasteiger partial charge in [0.25, 0.3) is 5.91 Å². The molecule has 0 fully saturated rings. The van der Waals surface area contributed by atoms with Crippen molar-refractivity contribution in [3.63, 3.8) is 0 Å². The molecule has 0 radical (unpaired) electrons. The maximum absolute atomic E-state index is 13.4. The van der Waals surface area contributed by atoms with E-state index in [2.05, 4.69) is 10.3 Å². The Morgan fingerprint density at radius 2 is 1.81 bits per heavy atom. The lowest BCUT2D eigenvalue weighted by molar-refractivity contribution is 0.102. The highest BCUT2D eigenvalue weighted by Gasteiger charge is 2.24. The first-order valence-electron chi connectivity index (χ1n) is 9.74. The number of aromatic nitrogens is 2. The minimum atomic E-state index is -0.347. The van der Waals surface area contributed by atoms with Crippen LogP contribution in [0.5, 0.6) is 11.5 Å². The van der Waals surface area contributed by atoms with E-state index in [0.29, 0.717) is 40.7 Å². The summed E-state index contributed by atoms with van der Waals surface area (Å²) in [5.74, 6) is 0.772. The van der Waals surface area contributed by atoms with Crippen molar-refractivity contribution in [1.29, 1.82) is 0 Å². The quantitative estimate of drug-likeness (QED) is 0.512. The van der Waals surface area contributed by atoms with Crippen LogP contribution in [0.15, 0.2) is 79.1 Å². The number of halogens is 1. The maximum atomic E-state index is 13.4. The van der Waals surface area contributed by atoms with Gasteiger partial charge in [-0.2, -0.15) is 0 Å². The van der Waals surface area contributed by atoms with Crippen LogP contribution >= 0.6 is 0 Å². The molecule has 31 heavy (non-hydrogen) atoms. The summed E-state index contributed by atoms with van der Waals surface area (Å²) in [5, 5.41) is 2.97. The van der Waals surface area contributed by atoms with Gasteiger partial charge in [0, 0.05) is 5.56 Å². The minimum absolute atomic E-state index is 0.0758. The summed E-state index contributed by atoms with van der Waals surface area (Å²) < 4.78 is 26.1. The molecule has 1 aliphatic rings. The molecule has 1 N–H and O–H groups in total. The van der Waals surface area contributed by atoms with Gasteiger partial charge in [-0.25, -0.2) is 9.37 Å². The van der Waals surface area contributed by atoms with E-state index in [1.165, 1.54) is 12.1 Å². The van der Waals surface area contributed by atoms with Crippen molar-refractivity contribution >= 4 is 11.7 Å². The zero-order chi connectivity index (χ0) is 21.2. The highest BCUT2D eigenvalue weighted by molar-refractivity contribution is 6.07. The van der Waals surface area contributed by atoms with Gasteiger partial charge in [0.05, 0.1) is 18.4 Å². The largest absolute Gasteiger partial charge is 0.454 e.